The van der Waals surface area contributed by atoms with Crippen LogP contribution < -0.4 is 5.32 Å². The van der Waals surface area contributed by atoms with Crippen LogP contribution in [0, 0.1) is 0 Å². The topological polar surface area (TPSA) is 69.6 Å². The van der Waals surface area contributed by atoms with Gasteiger partial charge in [0.15, 0.2) is 0 Å². The van der Waals surface area contributed by atoms with E-state index in [1.54, 1.807) is 23.1 Å². The molecule has 2 N–H and O–H groups in total. The summed E-state index contributed by atoms with van der Waals surface area (Å²) in [5.41, 5.74) is 0.856. The van der Waals surface area contributed by atoms with E-state index in [-0.39, 0.29) is 23.6 Å². The van der Waals surface area contributed by atoms with E-state index in [4.69, 9.17) is 0 Å². The van der Waals surface area contributed by atoms with Crippen LogP contribution in [0.15, 0.2) is 24.3 Å². The van der Waals surface area contributed by atoms with Crippen LogP contribution >= 0.6 is 0 Å². The maximum Gasteiger partial charge on any atom is 0.245 e. The highest BCUT2D eigenvalue weighted by atomic mass is 16.3. The molecule has 0 saturated carbocycles. The number of aromatic hydroxyl groups is 1. The van der Waals surface area contributed by atoms with E-state index >= 15 is 0 Å². The van der Waals surface area contributed by atoms with E-state index in [1.165, 1.54) is 0 Å². The Labute approximate surface area is 118 Å². The monoisotopic (exact) mass is 276 g/mol. The molecule has 1 aromatic rings. The Bertz CT molecular complexity index is 516. The summed E-state index contributed by atoms with van der Waals surface area (Å²) in [5.74, 6) is 0.0315. The number of carbonyl (C=O) groups excluding carboxylic acids is 2. The number of nitrogens with zero attached hydrogens (tertiary/aromatic N) is 1. The minimum atomic E-state index is -0.454. The third-order valence-electron chi connectivity index (χ3n) is 3.60. The Hall–Kier alpha value is -2.04. The molecule has 0 radical (unpaired) electrons. The predicted molar refractivity (Wildman–Crippen MR) is 75.0 cm³/mol. The fraction of sp³-hybridized carbons (Fsp3) is 0.467. The fourth-order valence-corrected chi connectivity index (χ4v) is 2.47. The maximum atomic E-state index is 12.5. The first-order valence-corrected chi connectivity index (χ1v) is 6.89. The van der Waals surface area contributed by atoms with Gasteiger partial charge in [0, 0.05) is 19.0 Å². The Morgan fingerprint density at radius 3 is 2.80 bits per heavy atom. The summed E-state index contributed by atoms with van der Waals surface area (Å²) in [4.78, 5) is 25.9. The van der Waals surface area contributed by atoms with Gasteiger partial charge in [-0.1, -0.05) is 19.1 Å². The average Bonchev–Trinajstić information content (AvgIpc) is 2.50. The molecule has 0 spiro atoms. The molecule has 1 heterocycles. The molecule has 2 unspecified atom stereocenters. The number of hydrogen-bond acceptors (Lipinski definition) is 3. The lowest BCUT2D eigenvalue weighted by molar-refractivity contribution is -0.135. The minimum Gasteiger partial charge on any atom is -0.508 e. The van der Waals surface area contributed by atoms with Gasteiger partial charge in [-0.2, -0.15) is 0 Å². The van der Waals surface area contributed by atoms with Crippen molar-refractivity contribution in [3.05, 3.63) is 29.8 Å². The summed E-state index contributed by atoms with van der Waals surface area (Å²) in [6.07, 6.45) is 0.884. The number of amides is 2. The van der Waals surface area contributed by atoms with E-state index in [0.717, 1.165) is 5.56 Å². The lowest BCUT2D eigenvalue weighted by Crippen LogP contribution is -2.45. The van der Waals surface area contributed by atoms with Crippen molar-refractivity contribution in [2.75, 3.05) is 0 Å². The third-order valence-corrected chi connectivity index (χ3v) is 3.60. The van der Waals surface area contributed by atoms with E-state index in [2.05, 4.69) is 5.32 Å². The Morgan fingerprint density at radius 1 is 1.40 bits per heavy atom. The Balaban J connectivity index is 2.22. The maximum absolute atomic E-state index is 12.5. The van der Waals surface area contributed by atoms with Crippen molar-refractivity contribution in [1.29, 1.82) is 0 Å². The summed E-state index contributed by atoms with van der Waals surface area (Å²) in [6, 6.07) is 6.24. The van der Waals surface area contributed by atoms with Crippen molar-refractivity contribution in [2.45, 2.75) is 45.3 Å². The molecule has 108 valence electrons. The number of rotatable bonds is 3. The van der Waals surface area contributed by atoms with Gasteiger partial charge in [0.05, 0.1) is 0 Å². The molecule has 1 aliphatic heterocycles. The highest BCUT2D eigenvalue weighted by Crippen LogP contribution is 2.19. The molecule has 0 aliphatic carbocycles. The van der Waals surface area contributed by atoms with Crippen LogP contribution in [-0.2, 0) is 16.1 Å². The molecule has 1 aliphatic rings. The van der Waals surface area contributed by atoms with Crippen molar-refractivity contribution in [2.24, 2.45) is 0 Å². The fourth-order valence-electron chi connectivity index (χ4n) is 2.47. The molecule has 1 fully saturated rings. The molecule has 2 atom stereocenters. The highest BCUT2D eigenvalue weighted by molar-refractivity contribution is 5.90. The van der Waals surface area contributed by atoms with Gasteiger partial charge in [-0.25, -0.2) is 0 Å². The molecular weight excluding hydrogens is 256 g/mol. The van der Waals surface area contributed by atoms with Crippen molar-refractivity contribution >= 4 is 11.8 Å². The smallest absolute Gasteiger partial charge is 0.245 e. The number of carbonyl (C=O) groups is 2. The second-order valence-electron chi connectivity index (χ2n) is 5.22. The Kier molecular flexibility index (Phi) is 4.27. The van der Waals surface area contributed by atoms with Gasteiger partial charge in [-0.3, -0.25) is 9.59 Å². The van der Waals surface area contributed by atoms with Crippen LogP contribution in [0.3, 0.4) is 0 Å². The molecule has 2 amide bonds. The highest BCUT2D eigenvalue weighted by Gasteiger charge is 2.32. The first-order valence-electron chi connectivity index (χ1n) is 6.89. The lowest BCUT2D eigenvalue weighted by Gasteiger charge is -2.28. The zero-order valence-corrected chi connectivity index (χ0v) is 11.8. The molecule has 1 saturated heterocycles. The SMILES string of the molecule is CCC1NC(=O)CC(C)N(Cc2cccc(O)c2)C1=O. The predicted octanol–water partition coefficient (Wildman–Crippen LogP) is 1.41. The first-order chi connectivity index (χ1) is 9.51. The summed E-state index contributed by atoms with van der Waals surface area (Å²) in [7, 11) is 0. The Morgan fingerprint density at radius 2 is 2.15 bits per heavy atom. The van der Waals surface area contributed by atoms with Crippen LogP contribution in [0.2, 0.25) is 0 Å². The molecule has 0 aromatic heterocycles. The van der Waals surface area contributed by atoms with Gasteiger partial charge >= 0.3 is 0 Å². The number of hydrogen-bond donors (Lipinski definition) is 2. The van der Waals surface area contributed by atoms with E-state index in [9.17, 15) is 14.7 Å². The van der Waals surface area contributed by atoms with Gasteiger partial charge in [-0.05, 0) is 31.0 Å². The lowest BCUT2D eigenvalue weighted by atomic mass is 10.1. The summed E-state index contributed by atoms with van der Waals surface area (Å²) in [6.45, 7) is 4.16. The number of nitrogens with one attached hydrogen (secondary N) is 1. The zero-order valence-electron chi connectivity index (χ0n) is 11.8. The normalized spacial score (nSPS) is 23.4. The van der Waals surface area contributed by atoms with Crippen molar-refractivity contribution < 1.29 is 14.7 Å². The molecule has 20 heavy (non-hydrogen) atoms. The van der Waals surface area contributed by atoms with Gasteiger partial charge in [0.1, 0.15) is 11.8 Å². The zero-order chi connectivity index (χ0) is 14.7. The van der Waals surface area contributed by atoms with Gasteiger partial charge in [0.2, 0.25) is 11.8 Å². The molecule has 5 nitrogen and oxygen atoms in total. The number of phenols is 1. The van der Waals surface area contributed by atoms with Crippen molar-refractivity contribution in [3.8, 4) is 5.75 Å². The van der Waals surface area contributed by atoms with Crippen LogP contribution in [0.1, 0.15) is 32.3 Å². The van der Waals surface area contributed by atoms with Gasteiger partial charge < -0.3 is 15.3 Å². The van der Waals surface area contributed by atoms with E-state index in [0.29, 0.717) is 19.4 Å². The van der Waals surface area contributed by atoms with Crippen molar-refractivity contribution in [3.63, 3.8) is 0 Å². The third kappa shape index (κ3) is 3.10. The van der Waals surface area contributed by atoms with Crippen LogP contribution in [-0.4, -0.2) is 33.9 Å². The number of benzene rings is 1. The van der Waals surface area contributed by atoms with Gasteiger partial charge in [0.25, 0.3) is 0 Å². The van der Waals surface area contributed by atoms with Crippen LogP contribution in [0.25, 0.3) is 0 Å². The van der Waals surface area contributed by atoms with E-state index in [1.807, 2.05) is 19.9 Å². The molecule has 0 bridgehead atoms. The van der Waals surface area contributed by atoms with Crippen LogP contribution in [0.4, 0.5) is 0 Å². The summed E-state index contributed by atoms with van der Waals surface area (Å²) >= 11 is 0. The van der Waals surface area contributed by atoms with Crippen LogP contribution in [0.5, 0.6) is 5.75 Å². The minimum absolute atomic E-state index is 0.0609. The largest absolute Gasteiger partial charge is 0.508 e. The van der Waals surface area contributed by atoms with Crippen molar-refractivity contribution in [1.82, 2.24) is 10.2 Å². The quantitative estimate of drug-likeness (QED) is 0.877. The average molecular weight is 276 g/mol. The summed E-state index contributed by atoms with van der Waals surface area (Å²) in [5, 5.41) is 12.3. The number of phenolic OH excluding ortho intramolecular Hbond substituents is 1. The molecule has 2 rings (SSSR count). The standard InChI is InChI=1S/C15H20N2O3/c1-3-13-15(20)17(10(2)7-14(19)16-13)9-11-5-4-6-12(18)8-11/h4-6,8,10,13,18H,3,7,9H2,1-2H3,(H,16,19). The molecule has 5 heteroatoms. The van der Waals surface area contributed by atoms with E-state index < -0.39 is 6.04 Å². The molecular formula is C15H20N2O3. The first kappa shape index (κ1) is 14.4. The molecule has 1 aromatic carbocycles. The second kappa shape index (κ2) is 5.94. The van der Waals surface area contributed by atoms with Gasteiger partial charge in [-0.15, -0.1) is 0 Å². The second-order valence-corrected chi connectivity index (χ2v) is 5.22. The summed E-state index contributed by atoms with van der Waals surface area (Å²) < 4.78 is 0.